The third-order valence-electron chi connectivity index (χ3n) is 5.30. The van der Waals surface area contributed by atoms with Crippen LogP contribution in [0.4, 0.5) is 5.82 Å². The molecule has 1 fully saturated rings. The molecule has 31 heavy (non-hydrogen) atoms. The van der Waals surface area contributed by atoms with E-state index in [9.17, 15) is 8.42 Å². The highest BCUT2D eigenvalue weighted by Crippen LogP contribution is 2.30. The topological polar surface area (TPSA) is 142 Å². The lowest BCUT2D eigenvalue weighted by Crippen LogP contribution is -2.31. The third kappa shape index (κ3) is 4.84. The van der Waals surface area contributed by atoms with Gasteiger partial charge in [0.25, 0.3) is 5.88 Å². The molecule has 0 amide bonds. The summed E-state index contributed by atoms with van der Waals surface area (Å²) < 4.78 is 31.3. The number of anilines is 1. The molecule has 1 aromatic carbocycles. The maximum Gasteiger partial charge on any atom is 0.263 e. The van der Waals surface area contributed by atoms with Crippen LogP contribution >= 0.6 is 0 Å². The van der Waals surface area contributed by atoms with Gasteiger partial charge >= 0.3 is 0 Å². The summed E-state index contributed by atoms with van der Waals surface area (Å²) in [6.07, 6.45) is 6.96. The van der Waals surface area contributed by atoms with Gasteiger partial charge in [-0.05, 0) is 63.7 Å². The first kappa shape index (κ1) is 21.2. The summed E-state index contributed by atoms with van der Waals surface area (Å²) in [4.78, 5) is 10.9. The first-order valence-corrected chi connectivity index (χ1v) is 11.4. The van der Waals surface area contributed by atoms with Gasteiger partial charge in [0.2, 0.25) is 10.0 Å². The predicted molar refractivity (Wildman–Crippen MR) is 116 cm³/mol. The van der Waals surface area contributed by atoms with Crippen LogP contribution in [0, 0.1) is 6.92 Å². The van der Waals surface area contributed by atoms with Crippen LogP contribution in [0.1, 0.15) is 24.4 Å². The van der Waals surface area contributed by atoms with E-state index in [0.717, 1.165) is 31.5 Å². The minimum atomic E-state index is -3.85. The van der Waals surface area contributed by atoms with Crippen molar-refractivity contribution in [3.05, 3.63) is 42.4 Å². The molecule has 1 aliphatic rings. The highest BCUT2D eigenvalue weighted by molar-refractivity contribution is 7.89. The minimum Gasteiger partial charge on any atom is -0.433 e. The van der Waals surface area contributed by atoms with E-state index in [1.54, 1.807) is 19.2 Å². The Kier molecular flexibility index (Phi) is 5.65. The molecule has 0 saturated carbocycles. The lowest BCUT2D eigenvalue weighted by molar-refractivity contribution is 0.212. The number of sulfonamides is 1. The number of primary sulfonamides is 1. The first-order chi connectivity index (χ1) is 14.7. The Bertz CT molecular complexity index is 1200. The largest absolute Gasteiger partial charge is 0.433 e. The van der Waals surface area contributed by atoms with Crippen molar-refractivity contribution in [3.8, 4) is 22.9 Å². The highest BCUT2D eigenvalue weighted by atomic mass is 32.2. The number of piperidine rings is 1. The van der Waals surface area contributed by atoms with Crippen molar-refractivity contribution in [2.24, 2.45) is 5.14 Å². The second-order valence-electron chi connectivity index (χ2n) is 7.82. The van der Waals surface area contributed by atoms with E-state index in [0.29, 0.717) is 23.0 Å². The molecule has 0 bridgehead atoms. The van der Waals surface area contributed by atoms with E-state index in [-0.39, 0.29) is 16.6 Å². The molecule has 1 aliphatic heterocycles. The van der Waals surface area contributed by atoms with Gasteiger partial charge in [-0.1, -0.05) is 0 Å². The number of hydrogen-bond donors (Lipinski definition) is 2. The number of rotatable bonds is 5. The van der Waals surface area contributed by atoms with Crippen molar-refractivity contribution >= 4 is 15.8 Å². The molecule has 1 saturated heterocycles. The standard InChI is InChI=1S/C20H25N7O3S/c1-13-7-14(9-17(8-13)31(22,28)29)18-11-23-19(21)20(25-18)30-16-10-24-27(12-16)15-3-5-26(2)6-4-15/h7-12,15H,3-6H2,1-2H3,(H2,21,23)(H2,22,28,29). The summed E-state index contributed by atoms with van der Waals surface area (Å²) in [6, 6.07) is 5.06. The summed E-state index contributed by atoms with van der Waals surface area (Å²) >= 11 is 0. The first-order valence-electron chi connectivity index (χ1n) is 9.87. The lowest BCUT2D eigenvalue weighted by Gasteiger charge is -2.28. The smallest absolute Gasteiger partial charge is 0.263 e. The second-order valence-corrected chi connectivity index (χ2v) is 9.38. The van der Waals surface area contributed by atoms with E-state index >= 15 is 0 Å². The van der Waals surface area contributed by atoms with Crippen LogP contribution in [0.3, 0.4) is 0 Å². The molecule has 4 N–H and O–H groups in total. The van der Waals surface area contributed by atoms with E-state index < -0.39 is 10.0 Å². The summed E-state index contributed by atoms with van der Waals surface area (Å²) in [6.45, 7) is 3.83. The number of hydrogen-bond acceptors (Lipinski definition) is 8. The zero-order chi connectivity index (χ0) is 22.2. The van der Waals surface area contributed by atoms with Crippen molar-refractivity contribution in [2.75, 3.05) is 25.9 Å². The van der Waals surface area contributed by atoms with Crippen LogP contribution in [0.25, 0.3) is 11.3 Å². The SMILES string of the molecule is Cc1cc(-c2cnc(N)c(Oc3cnn(C4CCN(C)CC4)c3)n2)cc(S(N)(=O)=O)c1. The Hall–Kier alpha value is -3.02. The van der Waals surface area contributed by atoms with Gasteiger partial charge in [0.05, 0.1) is 35.2 Å². The van der Waals surface area contributed by atoms with Crippen molar-refractivity contribution < 1.29 is 13.2 Å². The van der Waals surface area contributed by atoms with Crippen LogP contribution in [-0.4, -0.2) is 53.2 Å². The molecule has 4 rings (SSSR count). The van der Waals surface area contributed by atoms with Crippen LogP contribution in [0.15, 0.2) is 41.7 Å². The highest BCUT2D eigenvalue weighted by Gasteiger charge is 2.20. The molecule has 164 valence electrons. The Labute approximate surface area is 180 Å². The van der Waals surface area contributed by atoms with Gasteiger partial charge < -0.3 is 15.4 Å². The minimum absolute atomic E-state index is 0.00277. The molecule has 0 spiro atoms. The van der Waals surface area contributed by atoms with Gasteiger partial charge in [0, 0.05) is 5.56 Å². The van der Waals surface area contributed by atoms with Crippen LogP contribution in [-0.2, 0) is 10.0 Å². The van der Waals surface area contributed by atoms with Gasteiger partial charge in [-0.2, -0.15) is 5.10 Å². The average molecular weight is 444 g/mol. The normalized spacial score (nSPS) is 15.8. The second kappa shape index (κ2) is 8.25. The average Bonchev–Trinajstić information content (AvgIpc) is 3.17. The Balaban J connectivity index is 1.59. The van der Waals surface area contributed by atoms with Crippen LogP contribution in [0.2, 0.25) is 0 Å². The quantitative estimate of drug-likeness (QED) is 0.609. The molecule has 0 unspecified atom stereocenters. The van der Waals surface area contributed by atoms with E-state index in [1.807, 2.05) is 10.9 Å². The zero-order valence-electron chi connectivity index (χ0n) is 17.4. The molecular formula is C20H25N7O3S. The maximum atomic E-state index is 11.8. The monoisotopic (exact) mass is 443 g/mol. The molecule has 3 heterocycles. The molecule has 0 radical (unpaired) electrons. The number of nitrogens with two attached hydrogens (primary N) is 2. The van der Waals surface area contributed by atoms with Gasteiger partial charge in [-0.3, -0.25) is 4.68 Å². The van der Waals surface area contributed by atoms with Gasteiger partial charge in [0.1, 0.15) is 0 Å². The molecule has 2 aromatic heterocycles. The van der Waals surface area contributed by atoms with Crippen molar-refractivity contribution in [1.29, 1.82) is 0 Å². The molecule has 11 heteroatoms. The molecule has 10 nitrogen and oxygen atoms in total. The zero-order valence-corrected chi connectivity index (χ0v) is 18.2. The Morgan fingerprint density at radius 3 is 2.61 bits per heavy atom. The summed E-state index contributed by atoms with van der Waals surface area (Å²) in [7, 11) is -1.74. The summed E-state index contributed by atoms with van der Waals surface area (Å²) in [5.74, 6) is 0.751. The predicted octanol–water partition coefficient (Wildman–Crippen LogP) is 1.94. The fraction of sp³-hybridized carbons (Fsp3) is 0.350. The van der Waals surface area contributed by atoms with Gasteiger partial charge in [-0.15, -0.1) is 0 Å². The summed E-state index contributed by atoms with van der Waals surface area (Å²) in [5, 5.41) is 9.70. The fourth-order valence-corrected chi connectivity index (χ4v) is 4.24. The molecule has 3 aromatic rings. The number of aryl methyl sites for hydroxylation is 1. The molecule has 0 aliphatic carbocycles. The number of nitrogen functional groups attached to an aromatic ring is 1. The summed E-state index contributed by atoms with van der Waals surface area (Å²) in [5.41, 5.74) is 7.65. The number of benzene rings is 1. The Morgan fingerprint density at radius 2 is 1.90 bits per heavy atom. The molecule has 0 atom stereocenters. The van der Waals surface area contributed by atoms with E-state index in [4.69, 9.17) is 15.6 Å². The van der Waals surface area contributed by atoms with Crippen LogP contribution < -0.4 is 15.6 Å². The maximum absolute atomic E-state index is 11.8. The number of likely N-dealkylation sites (tertiary alicyclic amines) is 1. The van der Waals surface area contributed by atoms with E-state index in [2.05, 4.69) is 27.0 Å². The Morgan fingerprint density at radius 1 is 1.16 bits per heavy atom. The fourth-order valence-electron chi connectivity index (χ4n) is 3.60. The van der Waals surface area contributed by atoms with E-state index in [1.165, 1.54) is 18.3 Å². The molecular weight excluding hydrogens is 418 g/mol. The lowest BCUT2D eigenvalue weighted by atomic mass is 10.1. The van der Waals surface area contributed by atoms with Crippen molar-refractivity contribution in [1.82, 2.24) is 24.6 Å². The van der Waals surface area contributed by atoms with Crippen molar-refractivity contribution in [3.63, 3.8) is 0 Å². The number of ether oxygens (including phenoxy) is 1. The number of aromatic nitrogens is 4. The van der Waals surface area contributed by atoms with Gasteiger partial charge in [-0.25, -0.2) is 23.5 Å². The van der Waals surface area contributed by atoms with Gasteiger partial charge in [0.15, 0.2) is 11.6 Å². The number of nitrogens with zero attached hydrogens (tertiary/aromatic N) is 5. The third-order valence-corrected chi connectivity index (χ3v) is 6.19. The van der Waals surface area contributed by atoms with Crippen molar-refractivity contribution in [2.45, 2.75) is 30.7 Å². The van der Waals surface area contributed by atoms with Crippen LogP contribution in [0.5, 0.6) is 11.6 Å².